The lowest BCUT2D eigenvalue weighted by atomic mass is 10.1. The minimum Gasteiger partial charge on any atom is -0.384 e. The highest BCUT2D eigenvalue weighted by atomic mass is 32.2. The maximum Gasteiger partial charge on any atom is 0.212 e. The standard InChI is InChI=1S/C18H14N4O2S/c19-18-17(25(23,24)13-9-5-2-6-10-13)16-15(22-18)14(20-11-21-16)12-7-3-1-4-8-12/h1-11,22H,19H2. The summed E-state index contributed by atoms with van der Waals surface area (Å²) >= 11 is 0. The van der Waals surface area contributed by atoms with Crippen LogP contribution in [0.4, 0.5) is 5.82 Å². The van der Waals surface area contributed by atoms with E-state index in [1.165, 1.54) is 18.5 Å². The van der Waals surface area contributed by atoms with Crippen molar-refractivity contribution in [3.05, 3.63) is 67.0 Å². The Labute approximate surface area is 144 Å². The molecule has 4 rings (SSSR count). The first kappa shape index (κ1) is 15.3. The third-order valence-corrected chi connectivity index (χ3v) is 5.78. The second-order valence-electron chi connectivity index (χ2n) is 5.50. The van der Waals surface area contributed by atoms with Gasteiger partial charge in [0.1, 0.15) is 22.6 Å². The van der Waals surface area contributed by atoms with E-state index in [-0.39, 0.29) is 21.1 Å². The summed E-state index contributed by atoms with van der Waals surface area (Å²) in [5.41, 5.74) is 8.26. The topological polar surface area (TPSA) is 102 Å². The van der Waals surface area contributed by atoms with Crippen LogP contribution in [-0.2, 0) is 9.84 Å². The van der Waals surface area contributed by atoms with E-state index in [1.807, 2.05) is 30.3 Å². The first-order chi connectivity index (χ1) is 12.1. The van der Waals surface area contributed by atoms with Gasteiger partial charge in [-0.2, -0.15) is 0 Å². The van der Waals surface area contributed by atoms with Gasteiger partial charge in [0.15, 0.2) is 0 Å². The number of sulfone groups is 1. The first-order valence-electron chi connectivity index (χ1n) is 7.57. The van der Waals surface area contributed by atoms with Gasteiger partial charge in [-0.15, -0.1) is 0 Å². The molecule has 0 unspecified atom stereocenters. The number of nitrogens with one attached hydrogen (secondary N) is 1. The minimum absolute atomic E-state index is 0.0201. The first-order valence-corrected chi connectivity index (χ1v) is 9.05. The van der Waals surface area contributed by atoms with Gasteiger partial charge in [0.05, 0.1) is 16.1 Å². The number of hydrogen-bond acceptors (Lipinski definition) is 5. The Morgan fingerprint density at radius 3 is 2.20 bits per heavy atom. The number of nitrogen functional groups attached to an aromatic ring is 1. The fourth-order valence-electron chi connectivity index (χ4n) is 2.80. The molecule has 0 atom stereocenters. The fourth-order valence-corrected chi connectivity index (χ4v) is 4.30. The number of anilines is 1. The van der Waals surface area contributed by atoms with Crippen LogP contribution in [0.15, 0.2) is 76.8 Å². The van der Waals surface area contributed by atoms with Gasteiger partial charge in [0.25, 0.3) is 0 Å². The molecule has 2 aromatic heterocycles. The van der Waals surface area contributed by atoms with Crippen LogP contribution in [0, 0.1) is 0 Å². The summed E-state index contributed by atoms with van der Waals surface area (Å²) in [5, 5.41) is 0. The van der Waals surface area contributed by atoms with Crippen LogP contribution in [0.1, 0.15) is 0 Å². The zero-order valence-corrected chi connectivity index (χ0v) is 13.9. The fraction of sp³-hybridized carbons (Fsp3) is 0. The summed E-state index contributed by atoms with van der Waals surface area (Å²) in [6, 6.07) is 17.6. The van der Waals surface area contributed by atoms with Gasteiger partial charge in [-0.1, -0.05) is 48.5 Å². The van der Waals surface area contributed by atoms with Crippen LogP contribution < -0.4 is 5.73 Å². The third-order valence-electron chi connectivity index (χ3n) is 3.94. The van der Waals surface area contributed by atoms with Crippen LogP contribution in [0.5, 0.6) is 0 Å². The molecule has 2 aromatic carbocycles. The molecular weight excluding hydrogens is 336 g/mol. The predicted octanol–water partition coefficient (Wildman–Crippen LogP) is 3.04. The second kappa shape index (κ2) is 5.71. The summed E-state index contributed by atoms with van der Waals surface area (Å²) in [6.07, 6.45) is 1.35. The van der Waals surface area contributed by atoms with E-state index in [2.05, 4.69) is 15.0 Å². The molecule has 3 N–H and O–H groups in total. The number of aromatic amines is 1. The van der Waals surface area contributed by atoms with Crippen molar-refractivity contribution in [3.8, 4) is 11.3 Å². The van der Waals surface area contributed by atoms with Crippen molar-refractivity contribution in [2.75, 3.05) is 5.73 Å². The predicted molar refractivity (Wildman–Crippen MR) is 95.6 cm³/mol. The number of H-pyrrole nitrogens is 1. The average molecular weight is 350 g/mol. The Balaban J connectivity index is 2.00. The molecule has 7 heteroatoms. The van der Waals surface area contributed by atoms with Gasteiger partial charge >= 0.3 is 0 Å². The van der Waals surface area contributed by atoms with Gasteiger partial charge in [0.2, 0.25) is 9.84 Å². The molecule has 0 radical (unpaired) electrons. The molecule has 0 fully saturated rings. The number of rotatable bonds is 3. The number of hydrogen-bond donors (Lipinski definition) is 2. The Morgan fingerprint density at radius 2 is 1.52 bits per heavy atom. The molecule has 0 aliphatic carbocycles. The molecule has 25 heavy (non-hydrogen) atoms. The van der Waals surface area contributed by atoms with Crippen molar-refractivity contribution in [3.63, 3.8) is 0 Å². The molecule has 0 spiro atoms. The highest BCUT2D eigenvalue weighted by Crippen LogP contribution is 2.35. The van der Waals surface area contributed by atoms with E-state index in [0.717, 1.165) is 5.56 Å². The molecule has 0 saturated heterocycles. The minimum atomic E-state index is -3.80. The molecule has 2 heterocycles. The van der Waals surface area contributed by atoms with Gasteiger partial charge in [0, 0.05) is 5.56 Å². The number of aromatic nitrogens is 3. The summed E-state index contributed by atoms with van der Waals surface area (Å²) in [7, 11) is -3.80. The molecule has 6 nitrogen and oxygen atoms in total. The van der Waals surface area contributed by atoms with Crippen LogP contribution in [-0.4, -0.2) is 23.4 Å². The highest BCUT2D eigenvalue weighted by Gasteiger charge is 2.27. The Morgan fingerprint density at radius 1 is 0.880 bits per heavy atom. The van der Waals surface area contributed by atoms with Crippen molar-refractivity contribution in [1.29, 1.82) is 0 Å². The summed E-state index contributed by atoms with van der Waals surface area (Å²) < 4.78 is 26.0. The van der Waals surface area contributed by atoms with Crippen molar-refractivity contribution < 1.29 is 8.42 Å². The smallest absolute Gasteiger partial charge is 0.212 e. The van der Waals surface area contributed by atoms with Crippen LogP contribution in [0.3, 0.4) is 0 Å². The van der Waals surface area contributed by atoms with Crippen molar-refractivity contribution >= 4 is 26.7 Å². The Kier molecular flexibility index (Phi) is 3.51. The van der Waals surface area contributed by atoms with Gasteiger partial charge in [-0.05, 0) is 12.1 Å². The average Bonchev–Trinajstić information content (AvgIpc) is 2.99. The van der Waals surface area contributed by atoms with Gasteiger partial charge in [-0.3, -0.25) is 0 Å². The Hall–Kier alpha value is -3.19. The molecular formula is C18H14N4O2S. The Bertz CT molecular complexity index is 1150. The molecule has 4 aromatic rings. The van der Waals surface area contributed by atoms with Crippen LogP contribution in [0.25, 0.3) is 22.3 Å². The maximum absolute atomic E-state index is 13.0. The normalized spacial score (nSPS) is 11.7. The van der Waals surface area contributed by atoms with Gasteiger partial charge in [-0.25, -0.2) is 18.4 Å². The monoisotopic (exact) mass is 350 g/mol. The third kappa shape index (κ3) is 2.45. The van der Waals surface area contributed by atoms with E-state index in [4.69, 9.17) is 5.73 Å². The van der Waals surface area contributed by atoms with Crippen molar-refractivity contribution in [2.45, 2.75) is 9.79 Å². The van der Waals surface area contributed by atoms with E-state index < -0.39 is 9.84 Å². The number of fused-ring (bicyclic) bond motifs is 1. The largest absolute Gasteiger partial charge is 0.384 e. The summed E-state index contributed by atoms with van der Waals surface area (Å²) in [4.78, 5) is 11.6. The second-order valence-corrected chi connectivity index (χ2v) is 7.38. The lowest BCUT2D eigenvalue weighted by Crippen LogP contribution is -2.04. The molecule has 0 bridgehead atoms. The summed E-state index contributed by atoms with van der Waals surface area (Å²) in [5.74, 6) is 0.0523. The number of nitrogens with two attached hydrogens (primary N) is 1. The van der Waals surface area contributed by atoms with E-state index in [0.29, 0.717) is 11.2 Å². The van der Waals surface area contributed by atoms with E-state index in [1.54, 1.807) is 18.2 Å². The van der Waals surface area contributed by atoms with Crippen LogP contribution >= 0.6 is 0 Å². The zero-order chi connectivity index (χ0) is 17.4. The quantitative estimate of drug-likeness (QED) is 0.591. The SMILES string of the molecule is Nc1[nH]c2c(-c3ccccc3)ncnc2c1S(=O)(=O)c1ccccc1. The number of benzene rings is 2. The van der Waals surface area contributed by atoms with E-state index >= 15 is 0 Å². The molecule has 0 aliphatic heterocycles. The van der Waals surface area contributed by atoms with Crippen molar-refractivity contribution in [2.24, 2.45) is 0 Å². The summed E-state index contributed by atoms with van der Waals surface area (Å²) in [6.45, 7) is 0. The molecule has 0 saturated carbocycles. The van der Waals surface area contributed by atoms with Crippen LogP contribution in [0.2, 0.25) is 0 Å². The highest BCUT2D eigenvalue weighted by molar-refractivity contribution is 7.92. The molecule has 124 valence electrons. The van der Waals surface area contributed by atoms with Crippen molar-refractivity contribution in [1.82, 2.24) is 15.0 Å². The maximum atomic E-state index is 13.0. The van der Waals surface area contributed by atoms with Gasteiger partial charge < -0.3 is 10.7 Å². The lowest BCUT2D eigenvalue weighted by molar-refractivity contribution is 0.597. The lowest BCUT2D eigenvalue weighted by Gasteiger charge is -2.04. The molecule has 0 amide bonds. The van der Waals surface area contributed by atoms with E-state index in [9.17, 15) is 8.42 Å². The number of nitrogens with zero attached hydrogens (tertiary/aromatic N) is 2. The molecule has 0 aliphatic rings. The zero-order valence-electron chi connectivity index (χ0n) is 13.0.